The number of fused-ring (bicyclic) bond motifs is 1. The third kappa shape index (κ3) is 2.13. The van der Waals surface area contributed by atoms with Crippen molar-refractivity contribution in [2.75, 3.05) is 21.1 Å². The van der Waals surface area contributed by atoms with Crippen molar-refractivity contribution >= 4 is 6.09 Å². The molecule has 1 aliphatic heterocycles. The summed E-state index contributed by atoms with van der Waals surface area (Å²) >= 11 is 0. The van der Waals surface area contributed by atoms with E-state index in [0.29, 0.717) is 18.3 Å². The summed E-state index contributed by atoms with van der Waals surface area (Å²) in [7, 11) is 5.84. The molecule has 17 heavy (non-hydrogen) atoms. The Balaban J connectivity index is 2.43. The number of hydrogen-bond acceptors (Lipinski definition) is 3. The molecule has 0 aliphatic carbocycles. The molecule has 0 saturated heterocycles. The zero-order valence-electron chi connectivity index (χ0n) is 10.7. The third-order valence-electron chi connectivity index (χ3n) is 3.30. The van der Waals surface area contributed by atoms with Crippen molar-refractivity contribution in [3.8, 4) is 5.75 Å². The van der Waals surface area contributed by atoms with Crippen LogP contribution >= 0.6 is 0 Å². The smallest absolute Gasteiger partial charge is 0.410 e. The fraction of sp³-hybridized carbons (Fsp3) is 0.462. The zero-order valence-corrected chi connectivity index (χ0v) is 10.7. The van der Waals surface area contributed by atoms with Crippen LogP contribution in [0.15, 0.2) is 18.2 Å². The van der Waals surface area contributed by atoms with Crippen LogP contribution in [0.5, 0.6) is 5.75 Å². The van der Waals surface area contributed by atoms with Crippen molar-refractivity contribution in [3.63, 3.8) is 0 Å². The number of amides is 1. The molecule has 0 fully saturated rings. The van der Waals surface area contributed by atoms with Gasteiger partial charge in [0.05, 0.1) is 6.54 Å². The second-order valence-corrected chi connectivity index (χ2v) is 4.69. The van der Waals surface area contributed by atoms with Gasteiger partial charge in [-0.15, -0.1) is 0 Å². The molecule has 4 heteroatoms. The van der Waals surface area contributed by atoms with Crippen LogP contribution in [0.1, 0.15) is 24.1 Å². The Kier molecular flexibility index (Phi) is 3.07. The number of benzene rings is 1. The molecule has 1 aromatic carbocycles. The molecule has 1 unspecified atom stereocenters. The minimum atomic E-state index is -0.285. The lowest BCUT2D eigenvalue weighted by Gasteiger charge is -2.29. The highest BCUT2D eigenvalue weighted by Crippen LogP contribution is 2.32. The normalized spacial score (nSPS) is 16.8. The van der Waals surface area contributed by atoms with Crippen molar-refractivity contribution in [2.24, 2.45) is 0 Å². The molecule has 1 atom stereocenters. The first-order valence-electron chi connectivity index (χ1n) is 5.72. The topological polar surface area (TPSA) is 32.8 Å². The summed E-state index contributed by atoms with van der Waals surface area (Å²) < 4.78 is 5.28. The number of hydrogen-bond donors (Lipinski definition) is 0. The lowest BCUT2D eigenvalue weighted by molar-refractivity contribution is 0.149. The van der Waals surface area contributed by atoms with Crippen molar-refractivity contribution in [2.45, 2.75) is 19.5 Å². The van der Waals surface area contributed by atoms with Gasteiger partial charge in [-0.3, -0.25) is 0 Å². The SMILES string of the molecule is CC(c1cccc2c1CN(C)C(=O)O2)N(C)C. The Hall–Kier alpha value is -1.55. The highest BCUT2D eigenvalue weighted by atomic mass is 16.6. The van der Waals surface area contributed by atoms with Crippen molar-refractivity contribution in [3.05, 3.63) is 29.3 Å². The number of rotatable bonds is 2. The van der Waals surface area contributed by atoms with Crippen LogP contribution in [0.3, 0.4) is 0 Å². The van der Waals surface area contributed by atoms with Gasteiger partial charge in [-0.2, -0.15) is 0 Å². The fourth-order valence-corrected chi connectivity index (χ4v) is 1.99. The Morgan fingerprint density at radius 2 is 2.12 bits per heavy atom. The molecule has 0 aromatic heterocycles. The van der Waals surface area contributed by atoms with E-state index in [-0.39, 0.29) is 6.09 Å². The van der Waals surface area contributed by atoms with Gasteiger partial charge in [0.1, 0.15) is 5.75 Å². The maximum atomic E-state index is 11.5. The first kappa shape index (κ1) is 11.9. The summed E-state index contributed by atoms with van der Waals surface area (Å²) in [6.07, 6.45) is -0.285. The molecule has 1 heterocycles. The Morgan fingerprint density at radius 1 is 1.41 bits per heavy atom. The van der Waals surface area contributed by atoms with Crippen LogP contribution in [0.25, 0.3) is 0 Å². The number of ether oxygens (including phenoxy) is 1. The Bertz CT molecular complexity index is 443. The molecule has 2 rings (SSSR count). The lowest BCUT2D eigenvalue weighted by Crippen LogP contribution is -2.34. The van der Waals surface area contributed by atoms with Crippen LogP contribution in [0.4, 0.5) is 4.79 Å². The van der Waals surface area contributed by atoms with E-state index in [9.17, 15) is 4.79 Å². The van der Waals surface area contributed by atoms with E-state index in [1.54, 1.807) is 11.9 Å². The summed E-state index contributed by atoms with van der Waals surface area (Å²) in [5.41, 5.74) is 2.32. The minimum absolute atomic E-state index is 0.285. The summed E-state index contributed by atoms with van der Waals surface area (Å²) in [4.78, 5) is 15.2. The van der Waals surface area contributed by atoms with Gasteiger partial charge in [0.25, 0.3) is 0 Å². The average molecular weight is 234 g/mol. The van der Waals surface area contributed by atoms with Crippen molar-refractivity contribution in [1.29, 1.82) is 0 Å². The first-order chi connectivity index (χ1) is 8.00. The molecule has 92 valence electrons. The predicted molar refractivity (Wildman–Crippen MR) is 66.0 cm³/mol. The van der Waals surface area contributed by atoms with E-state index in [4.69, 9.17) is 4.74 Å². The van der Waals surface area contributed by atoms with Gasteiger partial charge < -0.3 is 14.5 Å². The van der Waals surface area contributed by atoms with E-state index in [1.165, 1.54) is 5.56 Å². The predicted octanol–water partition coefficient (Wildman–Crippen LogP) is 2.25. The number of carbonyl (C=O) groups excluding carboxylic acids is 1. The van der Waals surface area contributed by atoms with Gasteiger partial charge in [-0.1, -0.05) is 12.1 Å². The molecule has 0 bridgehead atoms. The molecule has 1 aliphatic rings. The van der Waals surface area contributed by atoms with E-state index in [1.807, 2.05) is 26.2 Å². The quantitative estimate of drug-likeness (QED) is 0.786. The van der Waals surface area contributed by atoms with E-state index in [2.05, 4.69) is 17.9 Å². The van der Waals surface area contributed by atoms with Crippen LogP contribution in [-0.2, 0) is 6.54 Å². The molecule has 0 spiro atoms. The van der Waals surface area contributed by atoms with Crippen LogP contribution in [-0.4, -0.2) is 37.0 Å². The van der Waals surface area contributed by atoms with Gasteiger partial charge in [-0.25, -0.2) is 4.79 Å². The fourth-order valence-electron chi connectivity index (χ4n) is 1.99. The maximum Gasteiger partial charge on any atom is 0.415 e. The lowest BCUT2D eigenvalue weighted by atomic mass is 9.99. The van der Waals surface area contributed by atoms with Crippen molar-refractivity contribution < 1.29 is 9.53 Å². The summed E-state index contributed by atoms with van der Waals surface area (Å²) in [6.45, 7) is 2.76. The standard InChI is InChI=1S/C13H18N2O2/c1-9(14(2)3)10-6-5-7-12-11(10)8-15(4)13(16)17-12/h5-7,9H,8H2,1-4H3. The number of nitrogens with zero attached hydrogens (tertiary/aromatic N) is 2. The average Bonchev–Trinajstić information content (AvgIpc) is 2.29. The molecule has 0 radical (unpaired) electrons. The van der Waals surface area contributed by atoms with Gasteiger partial charge in [0, 0.05) is 18.7 Å². The summed E-state index contributed by atoms with van der Waals surface area (Å²) in [5, 5.41) is 0. The highest BCUT2D eigenvalue weighted by molar-refractivity contribution is 5.73. The van der Waals surface area contributed by atoms with Gasteiger partial charge in [-0.05, 0) is 32.6 Å². The summed E-state index contributed by atoms with van der Waals surface area (Å²) in [6, 6.07) is 6.19. The van der Waals surface area contributed by atoms with E-state index < -0.39 is 0 Å². The molecule has 1 aromatic rings. The van der Waals surface area contributed by atoms with E-state index in [0.717, 1.165) is 5.56 Å². The van der Waals surface area contributed by atoms with Crippen LogP contribution in [0.2, 0.25) is 0 Å². The second-order valence-electron chi connectivity index (χ2n) is 4.69. The minimum Gasteiger partial charge on any atom is -0.410 e. The maximum absolute atomic E-state index is 11.5. The zero-order chi connectivity index (χ0) is 12.6. The molecule has 0 N–H and O–H groups in total. The van der Waals surface area contributed by atoms with Crippen LogP contribution in [0, 0.1) is 0 Å². The second kappa shape index (κ2) is 4.37. The number of carbonyl (C=O) groups is 1. The third-order valence-corrected chi connectivity index (χ3v) is 3.30. The Morgan fingerprint density at radius 3 is 2.76 bits per heavy atom. The monoisotopic (exact) mass is 234 g/mol. The largest absolute Gasteiger partial charge is 0.415 e. The van der Waals surface area contributed by atoms with Gasteiger partial charge in [0.15, 0.2) is 0 Å². The van der Waals surface area contributed by atoms with Crippen LogP contribution < -0.4 is 4.74 Å². The van der Waals surface area contributed by atoms with Crippen molar-refractivity contribution in [1.82, 2.24) is 9.80 Å². The molecule has 0 saturated carbocycles. The highest BCUT2D eigenvalue weighted by Gasteiger charge is 2.25. The molecular weight excluding hydrogens is 216 g/mol. The van der Waals surface area contributed by atoms with Gasteiger partial charge in [0.2, 0.25) is 0 Å². The first-order valence-corrected chi connectivity index (χ1v) is 5.72. The van der Waals surface area contributed by atoms with E-state index >= 15 is 0 Å². The molecule has 1 amide bonds. The van der Waals surface area contributed by atoms with Gasteiger partial charge >= 0.3 is 6.09 Å². The molecule has 4 nitrogen and oxygen atoms in total. The molecular formula is C13H18N2O2. The summed E-state index contributed by atoms with van der Waals surface area (Å²) in [5.74, 6) is 0.694. The Labute approximate surface area is 102 Å².